The molecule has 0 amide bonds. The second kappa shape index (κ2) is 6.42. The van der Waals surface area contributed by atoms with Gasteiger partial charge in [-0.05, 0) is 44.4 Å². The molecule has 0 saturated heterocycles. The van der Waals surface area contributed by atoms with Gasteiger partial charge in [-0.3, -0.25) is 0 Å². The number of benzene rings is 1. The summed E-state index contributed by atoms with van der Waals surface area (Å²) in [5, 5.41) is 9.03. The number of anilines is 1. The first-order chi connectivity index (χ1) is 11.8. The number of rotatable bonds is 5. The largest absolute Gasteiger partial charge is 0.370 e. The van der Waals surface area contributed by atoms with Crippen LogP contribution in [0.3, 0.4) is 0 Å². The van der Waals surface area contributed by atoms with Gasteiger partial charge in [0.05, 0.1) is 5.69 Å². The van der Waals surface area contributed by atoms with Crippen LogP contribution < -0.4 is 11.1 Å². The molecule has 0 fully saturated rings. The minimum atomic E-state index is 0.679. The fourth-order valence-corrected chi connectivity index (χ4v) is 3.37. The highest BCUT2D eigenvalue weighted by Crippen LogP contribution is 2.30. The molecule has 3 aromatic rings. The van der Waals surface area contributed by atoms with Crippen molar-refractivity contribution in [2.24, 2.45) is 5.73 Å². The molecule has 0 radical (unpaired) electrons. The average Bonchev–Trinajstić information content (AvgIpc) is 3.21. The average molecular weight is 342 g/mol. The van der Waals surface area contributed by atoms with Crippen LogP contribution in [0, 0.1) is 0 Å². The van der Waals surface area contributed by atoms with Crippen LogP contribution in [0.1, 0.15) is 24.1 Å². The van der Waals surface area contributed by atoms with Crippen molar-refractivity contribution >= 4 is 23.1 Å². The summed E-state index contributed by atoms with van der Waals surface area (Å²) in [5.74, 6) is 1.07. The van der Waals surface area contributed by atoms with E-state index < -0.39 is 0 Å². The first kappa shape index (κ1) is 15.4. The van der Waals surface area contributed by atoms with Crippen LogP contribution in [0.4, 0.5) is 5.82 Å². The molecule has 1 aliphatic rings. The van der Waals surface area contributed by atoms with Crippen LogP contribution in [0.25, 0.3) is 16.9 Å². The summed E-state index contributed by atoms with van der Waals surface area (Å²) in [6.07, 6.45) is 4.19. The van der Waals surface area contributed by atoms with Gasteiger partial charge in [0, 0.05) is 34.5 Å². The topological polar surface area (TPSA) is 68.2 Å². The lowest BCUT2D eigenvalue weighted by Crippen LogP contribution is -2.14. The Hall–Kier alpha value is -2.11. The molecule has 0 bridgehead atoms. The van der Waals surface area contributed by atoms with E-state index in [1.807, 2.05) is 34.8 Å². The normalized spacial score (nSPS) is 13.4. The molecule has 2 heterocycles. The Labute approximate surface area is 145 Å². The van der Waals surface area contributed by atoms with Crippen molar-refractivity contribution in [1.82, 2.24) is 14.6 Å². The Kier molecular flexibility index (Phi) is 4.12. The van der Waals surface area contributed by atoms with Gasteiger partial charge >= 0.3 is 0 Å². The lowest BCUT2D eigenvalue weighted by molar-refractivity contribution is 0.845. The van der Waals surface area contributed by atoms with Gasteiger partial charge in [0.1, 0.15) is 5.82 Å². The predicted octanol–water partition coefficient (Wildman–Crippen LogP) is 3.30. The van der Waals surface area contributed by atoms with Gasteiger partial charge in [0.25, 0.3) is 0 Å². The van der Waals surface area contributed by atoms with E-state index >= 15 is 0 Å². The second-order valence-electron chi connectivity index (χ2n) is 6.11. The highest BCUT2D eigenvalue weighted by atomic mass is 35.5. The molecule has 0 saturated carbocycles. The van der Waals surface area contributed by atoms with Gasteiger partial charge in [0.2, 0.25) is 0 Å². The number of fused-ring (bicyclic) bond motifs is 2. The fourth-order valence-electron chi connectivity index (χ4n) is 3.24. The zero-order valence-electron chi connectivity index (χ0n) is 13.4. The van der Waals surface area contributed by atoms with E-state index in [4.69, 9.17) is 27.4 Å². The molecule has 1 aromatic carbocycles. The predicted molar refractivity (Wildman–Crippen MR) is 97.6 cm³/mol. The summed E-state index contributed by atoms with van der Waals surface area (Å²) >= 11 is 5.98. The molecular formula is C18H20ClN5. The SMILES string of the molecule is NCCCNc1c2c(nc3cc(-c4ccc(Cl)cc4)nn13)CCC2. The maximum atomic E-state index is 5.98. The van der Waals surface area contributed by atoms with Crippen molar-refractivity contribution in [2.45, 2.75) is 25.7 Å². The van der Waals surface area contributed by atoms with Gasteiger partial charge in [-0.15, -0.1) is 0 Å². The number of aromatic nitrogens is 3. The van der Waals surface area contributed by atoms with Gasteiger partial charge in [0.15, 0.2) is 5.65 Å². The second-order valence-corrected chi connectivity index (χ2v) is 6.55. The number of nitrogens with two attached hydrogens (primary N) is 1. The molecule has 1 aliphatic carbocycles. The molecule has 5 nitrogen and oxygen atoms in total. The zero-order valence-corrected chi connectivity index (χ0v) is 14.2. The van der Waals surface area contributed by atoms with Crippen LogP contribution in [-0.2, 0) is 12.8 Å². The number of hydrogen-bond donors (Lipinski definition) is 2. The van der Waals surface area contributed by atoms with Gasteiger partial charge < -0.3 is 11.1 Å². The fraction of sp³-hybridized carbons (Fsp3) is 0.333. The van der Waals surface area contributed by atoms with E-state index in [0.29, 0.717) is 6.54 Å². The smallest absolute Gasteiger partial charge is 0.158 e. The van der Waals surface area contributed by atoms with Crippen molar-refractivity contribution in [1.29, 1.82) is 0 Å². The minimum Gasteiger partial charge on any atom is -0.370 e. The summed E-state index contributed by atoms with van der Waals surface area (Å²) in [6.45, 7) is 1.52. The maximum Gasteiger partial charge on any atom is 0.158 e. The molecule has 4 rings (SSSR count). The summed E-state index contributed by atoms with van der Waals surface area (Å²) in [5.41, 5.74) is 10.9. The molecule has 6 heteroatoms. The number of aryl methyl sites for hydroxylation is 1. The van der Waals surface area contributed by atoms with Gasteiger partial charge in [-0.1, -0.05) is 23.7 Å². The van der Waals surface area contributed by atoms with E-state index in [9.17, 15) is 0 Å². The molecule has 124 valence electrons. The molecule has 2 aromatic heterocycles. The summed E-state index contributed by atoms with van der Waals surface area (Å²) < 4.78 is 1.94. The maximum absolute atomic E-state index is 5.98. The van der Waals surface area contributed by atoms with Crippen molar-refractivity contribution < 1.29 is 0 Å². The third-order valence-electron chi connectivity index (χ3n) is 4.44. The molecule has 3 N–H and O–H groups in total. The van der Waals surface area contributed by atoms with Gasteiger partial charge in [-0.2, -0.15) is 9.61 Å². The Morgan fingerprint density at radius 2 is 2.04 bits per heavy atom. The van der Waals surface area contributed by atoms with Crippen LogP contribution in [0.2, 0.25) is 5.02 Å². The first-order valence-electron chi connectivity index (χ1n) is 8.37. The molecular weight excluding hydrogens is 322 g/mol. The van der Waals surface area contributed by atoms with E-state index in [-0.39, 0.29) is 0 Å². The van der Waals surface area contributed by atoms with Crippen molar-refractivity contribution in [3.8, 4) is 11.3 Å². The number of nitrogens with zero attached hydrogens (tertiary/aromatic N) is 3. The summed E-state index contributed by atoms with van der Waals surface area (Å²) in [7, 11) is 0. The number of hydrogen-bond acceptors (Lipinski definition) is 4. The number of nitrogens with one attached hydrogen (secondary N) is 1. The van der Waals surface area contributed by atoms with Crippen LogP contribution in [-0.4, -0.2) is 27.7 Å². The van der Waals surface area contributed by atoms with E-state index in [1.54, 1.807) is 0 Å². The Balaban J connectivity index is 1.80. The third-order valence-corrected chi connectivity index (χ3v) is 4.69. The van der Waals surface area contributed by atoms with Crippen molar-refractivity contribution in [3.63, 3.8) is 0 Å². The Bertz CT molecular complexity index is 869. The van der Waals surface area contributed by atoms with Gasteiger partial charge in [-0.25, -0.2) is 4.98 Å². The van der Waals surface area contributed by atoms with E-state index in [0.717, 1.165) is 60.0 Å². The van der Waals surface area contributed by atoms with E-state index in [2.05, 4.69) is 5.32 Å². The summed E-state index contributed by atoms with van der Waals surface area (Å²) in [4.78, 5) is 4.82. The number of halogens is 1. The van der Waals surface area contributed by atoms with Crippen LogP contribution in [0.15, 0.2) is 30.3 Å². The first-order valence-corrected chi connectivity index (χ1v) is 8.75. The molecule has 0 aliphatic heterocycles. The Morgan fingerprint density at radius 1 is 1.21 bits per heavy atom. The summed E-state index contributed by atoms with van der Waals surface area (Å²) in [6, 6.07) is 9.78. The van der Waals surface area contributed by atoms with Crippen molar-refractivity contribution in [3.05, 3.63) is 46.6 Å². The molecule has 24 heavy (non-hydrogen) atoms. The molecule has 0 unspecified atom stereocenters. The minimum absolute atomic E-state index is 0.679. The van der Waals surface area contributed by atoms with Crippen LogP contribution in [0.5, 0.6) is 0 Å². The lowest BCUT2D eigenvalue weighted by Gasteiger charge is -2.12. The van der Waals surface area contributed by atoms with Crippen LogP contribution >= 0.6 is 11.6 Å². The quantitative estimate of drug-likeness (QED) is 0.699. The third kappa shape index (κ3) is 2.74. The highest BCUT2D eigenvalue weighted by molar-refractivity contribution is 6.30. The zero-order chi connectivity index (χ0) is 16.5. The molecule has 0 atom stereocenters. The standard InChI is InChI=1S/C18H20ClN5/c19-13-7-5-12(6-8-13)16-11-17-22-15-4-1-3-14(15)18(24(17)23-16)21-10-2-9-20/h5-8,11,21H,1-4,9-10,20H2. The van der Waals surface area contributed by atoms with E-state index in [1.165, 1.54) is 11.3 Å². The Morgan fingerprint density at radius 3 is 2.83 bits per heavy atom. The highest BCUT2D eigenvalue weighted by Gasteiger charge is 2.21. The van der Waals surface area contributed by atoms with Crippen molar-refractivity contribution in [2.75, 3.05) is 18.4 Å². The molecule has 0 spiro atoms. The monoisotopic (exact) mass is 341 g/mol. The lowest BCUT2D eigenvalue weighted by atomic mass is 10.1.